The van der Waals surface area contributed by atoms with Crippen LogP contribution in [-0.2, 0) is 0 Å². The van der Waals surface area contributed by atoms with E-state index in [0.717, 1.165) is 25.9 Å². The van der Waals surface area contributed by atoms with Crippen LogP contribution in [0, 0.1) is 11.7 Å². The third-order valence-corrected chi connectivity index (χ3v) is 4.13. The Morgan fingerprint density at radius 1 is 1.39 bits per heavy atom. The molecule has 1 aliphatic heterocycles. The molecule has 1 aromatic rings. The predicted molar refractivity (Wildman–Crippen MR) is 72.8 cm³/mol. The van der Waals surface area contributed by atoms with Gasteiger partial charge in [-0.25, -0.2) is 4.39 Å². The number of nitrogens with zero attached hydrogens (tertiary/aromatic N) is 1. The third-order valence-electron chi connectivity index (χ3n) is 4.13. The highest BCUT2D eigenvalue weighted by molar-refractivity contribution is 5.20. The summed E-state index contributed by atoms with van der Waals surface area (Å²) in [6.07, 6.45) is 2.19. The second-order valence-corrected chi connectivity index (χ2v) is 5.40. The SMILES string of the molecule is CCC(c1ccc(F)cc1)N1CCC(C)C(N)C1. The van der Waals surface area contributed by atoms with Gasteiger partial charge in [-0.2, -0.15) is 0 Å². The molecule has 0 aromatic heterocycles. The minimum Gasteiger partial charge on any atom is -0.326 e. The summed E-state index contributed by atoms with van der Waals surface area (Å²) in [4.78, 5) is 2.44. The van der Waals surface area contributed by atoms with Crippen LogP contribution in [0.25, 0.3) is 0 Å². The second-order valence-electron chi connectivity index (χ2n) is 5.40. The fourth-order valence-electron chi connectivity index (χ4n) is 2.80. The van der Waals surface area contributed by atoms with Gasteiger partial charge in [-0.05, 0) is 43.0 Å². The Morgan fingerprint density at radius 2 is 2.06 bits per heavy atom. The lowest BCUT2D eigenvalue weighted by Crippen LogP contribution is -2.48. The fourth-order valence-corrected chi connectivity index (χ4v) is 2.80. The minimum atomic E-state index is -0.169. The van der Waals surface area contributed by atoms with Gasteiger partial charge in [0.2, 0.25) is 0 Å². The normalized spacial score (nSPS) is 27.1. The third kappa shape index (κ3) is 2.90. The molecule has 100 valence electrons. The van der Waals surface area contributed by atoms with Crippen molar-refractivity contribution in [3.8, 4) is 0 Å². The molecule has 1 fully saturated rings. The van der Waals surface area contributed by atoms with Crippen LogP contribution in [0.5, 0.6) is 0 Å². The topological polar surface area (TPSA) is 29.3 Å². The largest absolute Gasteiger partial charge is 0.326 e. The first-order chi connectivity index (χ1) is 8.61. The molecule has 1 aliphatic rings. The number of hydrogen-bond acceptors (Lipinski definition) is 2. The Labute approximate surface area is 109 Å². The Hall–Kier alpha value is -0.930. The van der Waals surface area contributed by atoms with Gasteiger partial charge in [0.1, 0.15) is 5.82 Å². The van der Waals surface area contributed by atoms with Gasteiger partial charge < -0.3 is 5.73 Å². The van der Waals surface area contributed by atoms with E-state index in [4.69, 9.17) is 5.73 Å². The van der Waals surface area contributed by atoms with Gasteiger partial charge in [-0.1, -0.05) is 26.0 Å². The lowest BCUT2D eigenvalue weighted by molar-refractivity contribution is 0.117. The molecule has 0 radical (unpaired) electrons. The zero-order chi connectivity index (χ0) is 13.1. The Kier molecular flexibility index (Phi) is 4.36. The first kappa shape index (κ1) is 13.5. The summed E-state index contributed by atoms with van der Waals surface area (Å²) in [6, 6.07) is 7.51. The number of hydrogen-bond donors (Lipinski definition) is 1. The molecule has 18 heavy (non-hydrogen) atoms. The van der Waals surface area contributed by atoms with Gasteiger partial charge >= 0.3 is 0 Å². The van der Waals surface area contributed by atoms with Crippen LogP contribution in [0.15, 0.2) is 24.3 Å². The summed E-state index contributed by atoms with van der Waals surface area (Å²) < 4.78 is 13.0. The first-order valence-corrected chi connectivity index (χ1v) is 6.87. The highest BCUT2D eigenvalue weighted by atomic mass is 19.1. The van der Waals surface area contributed by atoms with E-state index in [-0.39, 0.29) is 11.9 Å². The summed E-state index contributed by atoms with van der Waals surface area (Å²) in [7, 11) is 0. The van der Waals surface area contributed by atoms with E-state index in [0.29, 0.717) is 12.0 Å². The van der Waals surface area contributed by atoms with Gasteiger partial charge in [-0.3, -0.25) is 4.90 Å². The molecule has 2 nitrogen and oxygen atoms in total. The van der Waals surface area contributed by atoms with Gasteiger partial charge in [0.15, 0.2) is 0 Å². The number of halogens is 1. The number of benzene rings is 1. The molecule has 1 heterocycles. The van der Waals surface area contributed by atoms with Crippen LogP contribution < -0.4 is 5.73 Å². The van der Waals surface area contributed by atoms with Gasteiger partial charge in [0.05, 0.1) is 0 Å². The number of piperidine rings is 1. The molecule has 3 heteroatoms. The predicted octanol–water partition coefficient (Wildman–Crippen LogP) is 2.95. The first-order valence-electron chi connectivity index (χ1n) is 6.87. The highest BCUT2D eigenvalue weighted by Gasteiger charge is 2.27. The molecular formula is C15H23FN2. The quantitative estimate of drug-likeness (QED) is 0.893. The molecule has 0 bridgehead atoms. The zero-order valence-corrected chi connectivity index (χ0v) is 11.3. The van der Waals surface area contributed by atoms with Crippen molar-refractivity contribution < 1.29 is 4.39 Å². The molecule has 0 spiro atoms. The molecule has 1 saturated heterocycles. The van der Waals surface area contributed by atoms with Crippen molar-refractivity contribution in [2.24, 2.45) is 11.7 Å². The monoisotopic (exact) mass is 250 g/mol. The van der Waals surface area contributed by atoms with Crippen LogP contribution in [0.3, 0.4) is 0 Å². The molecule has 0 saturated carbocycles. The summed E-state index contributed by atoms with van der Waals surface area (Å²) in [6.45, 7) is 6.43. The van der Waals surface area contributed by atoms with E-state index < -0.39 is 0 Å². The second kappa shape index (κ2) is 5.81. The van der Waals surface area contributed by atoms with Crippen LogP contribution in [0.1, 0.15) is 38.3 Å². The average molecular weight is 250 g/mol. The lowest BCUT2D eigenvalue weighted by atomic mass is 9.91. The summed E-state index contributed by atoms with van der Waals surface area (Å²) in [5.41, 5.74) is 7.36. The van der Waals surface area contributed by atoms with E-state index >= 15 is 0 Å². The maximum Gasteiger partial charge on any atom is 0.123 e. The Balaban J connectivity index is 2.11. The number of likely N-dealkylation sites (tertiary alicyclic amines) is 1. The van der Waals surface area contributed by atoms with Crippen molar-refractivity contribution in [2.75, 3.05) is 13.1 Å². The van der Waals surface area contributed by atoms with Crippen LogP contribution in [0.4, 0.5) is 4.39 Å². The van der Waals surface area contributed by atoms with E-state index in [2.05, 4.69) is 18.7 Å². The summed E-state index contributed by atoms with van der Waals surface area (Å²) >= 11 is 0. The maximum absolute atomic E-state index is 13.0. The smallest absolute Gasteiger partial charge is 0.123 e. The molecule has 2 rings (SSSR count). The van der Waals surface area contributed by atoms with Crippen molar-refractivity contribution in [2.45, 2.75) is 38.8 Å². The van der Waals surface area contributed by atoms with Crippen molar-refractivity contribution >= 4 is 0 Å². The molecular weight excluding hydrogens is 227 g/mol. The maximum atomic E-state index is 13.0. The Bertz CT molecular complexity index is 377. The zero-order valence-electron chi connectivity index (χ0n) is 11.3. The standard InChI is InChI=1S/C15H23FN2/c1-3-15(12-4-6-13(16)7-5-12)18-9-8-11(2)14(17)10-18/h4-7,11,14-15H,3,8-10,17H2,1-2H3. The number of nitrogens with two attached hydrogens (primary N) is 1. The summed E-state index contributed by atoms with van der Waals surface area (Å²) in [5, 5.41) is 0. The van der Waals surface area contributed by atoms with Gasteiger partial charge in [0.25, 0.3) is 0 Å². The van der Waals surface area contributed by atoms with Gasteiger partial charge in [-0.15, -0.1) is 0 Å². The molecule has 2 N–H and O–H groups in total. The van der Waals surface area contributed by atoms with Crippen molar-refractivity contribution in [1.29, 1.82) is 0 Å². The van der Waals surface area contributed by atoms with Crippen molar-refractivity contribution in [3.05, 3.63) is 35.6 Å². The highest BCUT2D eigenvalue weighted by Crippen LogP contribution is 2.28. The lowest BCUT2D eigenvalue weighted by Gasteiger charge is -2.40. The summed E-state index contributed by atoms with van der Waals surface area (Å²) in [5.74, 6) is 0.435. The fraction of sp³-hybridized carbons (Fsp3) is 0.600. The van der Waals surface area contributed by atoms with E-state index in [1.807, 2.05) is 12.1 Å². The van der Waals surface area contributed by atoms with E-state index in [1.165, 1.54) is 5.56 Å². The molecule has 1 aromatic carbocycles. The van der Waals surface area contributed by atoms with Crippen LogP contribution >= 0.6 is 0 Å². The van der Waals surface area contributed by atoms with E-state index in [9.17, 15) is 4.39 Å². The molecule has 0 amide bonds. The number of rotatable bonds is 3. The molecule has 3 unspecified atom stereocenters. The average Bonchev–Trinajstić information content (AvgIpc) is 2.37. The van der Waals surface area contributed by atoms with Gasteiger partial charge in [0, 0.05) is 18.6 Å². The van der Waals surface area contributed by atoms with Crippen molar-refractivity contribution in [3.63, 3.8) is 0 Å². The van der Waals surface area contributed by atoms with E-state index in [1.54, 1.807) is 12.1 Å². The van der Waals surface area contributed by atoms with Crippen LogP contribution in [-0.4, -0.2) is 24.0 Å². The molecule has 3 atom stereocenters. The van der Waals surface area contributed by atoms with Crippen molar-refractivity contribution in [1.82, 2.24) is 4.90 Å². The minimum absolute atomic E-state index is 0.169. The van der Waals surface area contributed by atoms with Crippen LogP contribution in [0.2, 0.25) is 0 Å². The Morgan fingerprint density at radius 3 is 2.61 bits per heavy atom. The molecule has 0 aliphatic carbocycles.